The summed E-state index contributed by atoms with van der Waals surface area (Å²) in [7, 11) is -3.56. The standard InChI is InChI=1S/C20H24N2O3S/c1-15-8-6-12-19(16(15)2)21-20(23)17-9-7-13-22(14-17)26(24,25)18-10-4-3-5-11-18/h3-6,8,10-12,17H,7,9,13-14H2,1-2H3,(H,21,23)/t17-/m1/s1. The zero-order valence-electron chi connectivity index (χ0n) is 15.1. The molecule has 0 spiro atoms. The molecular formula is C20H24N2O3S. The molecule has 2 aromatic rings. The molecule has 5 nitrogen and oxygen atoms in total. The Morgan fingerprint density at radius 1 is 1.08 bits per heavy atom. The molecule has 1 fully saturated rings. The summed E-state index contributed by atoms with van der Waals surface area (Å²) in [5.74, 6) is -0.464. The normalized spacial score (nSPS) is 18.5. The first-order chi connectivity index (χ1) is 12.4. The van der Waals surface area contributed by atoms with Crippen LogP contribution in [0.1, 0.15) is 24.0 Å². The van der Waals surface area contributed by atoms with Gasteiger partial charge in [-0.1, -0.05) is 30.3 Å². The number of nitrogens with zero attached hydrogens (tertiary/aromatic N) is 1. The lowest BCUT2D eigenvalue weighted by Gasteiger charge is -2.31. The monoisotopic (exact) mass is 372 g/mol. The van der Waals surface area contributed by atoms with Gasteiger partial charge in [-0.15, -0.1) is 0 Å². The Hall–Kier alpha value is -2.18. The zero-order valence-corrected chi connectivity index (χ0v) is 15.9. The zero-order chi connectivity index (χ0) is 18.7. The van der Waals surface area contributed by atoms with Crippen LogP contribution in [0.5, 0.6) is 0 Å². The summed E-state index contributed by atoms with van der Waals surface area (Å²) in [6, 6.07) is 14.2. The van der Waals surface area contributed by atoms with Crippen molar-refractivity contribution in [1.82, 2.24) is 4.31 Å². The number of amides is 1. The number of benzene rings is 2. The summed E-state index contributed by atoms with van der Waals surface area (Å²) >= 11 is 0. The van der Waals surface area contributed by atoms with Crippen LogP contribution in [0.15, 0.2) is 53.4 Å². The van der Waals surface area contributed by atoms with Gasteiger partial charge in [0.1, 0.15) is 0 Å². The largest absolute Gasteiger partial charge is 0.326 e. The van der Waals surface area contributed by atoms with E-state index in [0.717, 1.165) is 16.8 Å². The molecule has 0 aromatic heterocycles. The van der Waals surface area contributed by atoms with Crippen molar-refractivity contribution in [2.75, 3.05) is 18.4 Å². The van der Waals surface area contributed by atoms with E-state index in [4.69, 9.17) is 0 Å². The molecule has 0 aliphatic carbocycles. The number of carbonyl (C=O) groups excluding carboxylic acids is 1. The average Bonchev–Trinajstić information content (AvgIpc) is 2.66. The number of aryl methyl sites for hydroxylation is 1. The number of piperidine rings is 1. The van der Waals surface area contributed by atoms with Gasteiger partial charge in [0.05, 0.1) is 10.8 Å². The summed E-state index contributed by atoms with van der Waals surface area (Å²) in [4.78, 5) is 13.0. The average molecular weight is 372 g/mol. The molecule has 26 heavy (non-hydrogen) atoms. The van der Waals surface area contributed by atoms with E-state index in [1.165, 1.54) is 4.31 Å². The van der Waals surface area contributed by atoms with Gasteiger partial charge in [-0.25, -0.2) is 8.42 Å². The Kier molecular flexibility index (Phi) is 5.44. The Labute approximate surface area is 155 Å². The molecule has 1 amide bonds. The predicted molar refractivity (Wildman–Crippen MR) is 102 cm³/mol. The summed E-state index contributed by atoms with van der Waals surface area (Å²) in [5, 5.41) is 2.97. The van der Waals surface area contributed by atoms with E-state index in [9.17, 15) is 13.2 Å². The van der Waals surface area contributed by atoms with Crippen molar-refractivity contribution in [2.45, 2.75) is 31.6 Å². The fourth-order valence-electron chi connectivity index (χ4n) is 3.24. The Bertz CT molecular complexity index is 895. The number of nitrogens with one attached hydrogen (secondary N) is 1. The number of carbonyl (C=O) groups is 1. The molecule has 6 heteroatoms. The molecule has 1 N–H and O–H groups in total. The minimum absolute atomic E-state index is 0.119. The van der Waals surface area contributed by atoms with Gasteiger partial charge in [-0.05, 0) is 56.0 Å². The second-order valence-electron chi connectivity index (χ2n) is 6.75. The van der Waals surface area contributed by atoms with Crippen molar-refractivity contribution >= 4 is 21.6 Å². The van der Waals surface area contributed by atoms with Crippen LogP contribution in [0, 0.1) is 19.8 Å². The minimum Gasteiger partial charge on any atom is -0.326 e. The van der Waals surface area contributed by atoms with Gasteiger partial charge >= 0.3 is 0 Å². The maximum atomic E-state index is 12.8. The Morgan fingerprint density at radius 3 is 2.54 bits per heavy atom. The third-order valence-electron chi connectivity index (χ3n) is 5.00. The summed E-state index contributed by atoms with van der Waals surface area (Å²) in [6.45, 7) is 4.64. The molecule has 1 atom stereocenters. The van der Waals surface area contributed by atoms with E-state index in [1.54, 1.807) is 30.3 Å². The van der Waals surface area contributed by atoms with Crippen molar-refractivity contribution in [2.24, 2.45) is 5.92 Å². The first-order valence-electron chi connectivity index (χ1n) is 8.82. The summed E-state index contributed by atoms with van der Waals surface area (Å²) < 4.78 is 27.0. The molecule has 3 rings (SSSR count). The second-order valence-corrected chi connectivity index (χ2v) is 8.69. The molecule has 1 heterocycles. The number of anilines is 1. The van der Waals surface area contributed by atoms with Crippen molar-refractivity contribution in [3.63, 3.8) is 0 Å². The summed E-state index contributed by atoms with van der Waals surface area (Å²) in [6.07, 6.45) is 1.37. The van der Waals surface area contributed by atoms with E-state index in [0.29, 0.717) is 19.4 Å². The predicted octanol–water partition coefficient (Wildman–Crippen LogP) is 3.34. The van der Waals surface area contributed by atoms with Gasteiger partial charge in [-0.2, -0.15) is 4.31 Å². The van der Waals surface area contributed by atoms with Crippen molar-refractivity contribution in [3.05, 3.63) is 59.7 Å². The SMILES string of the molecule is Cc1cccc(NC(=O)[C@@H]2CCCN(S(=O)(=O)c3ccccc3)C2)c1C. The molecule has 1 saturated heterocycles. The highest BCUT2D eigenvalue weighted by Crippen LogP contribution is 2.25. The van der Waals surface area contributed by atoms with Crippen molar-refractivity contribution in [3.8, 4) is 0 Å². The van der Waals surface area contributed by atoms with Gasteiger partial charge < -0.3 is 5.32 Å². The molecule has 0 bridgehead atoms. The molecule has 2 aromatic carbocycles. The van der Waals surface area contributed by atoms with Gasteiger partial charge in [-0.3, -0.25) is 4.79 Å². The van der Waals surface area contributed by atoms with Gasteiger partial charge in [0.15, 0.2) is 0 Å². The number of hydrogen-bond donors (Lipinski definition) is 1. The number of rotatable bonds is 4. The lowest BCUT2D eigenvalue weighted by molar-refractivity contribution is -0.120. The Morgan fingerprint density at radius 2 is 1.81 bits per heavy atom. The van der Waals surface area contributed by atoms with E-state index >= 15 is 0 Å². The minimum atomic E-state index is -3.56. The number of sulfonamides is 1. The van der Waals surface area contributed by atoms with Gasteiger partial charge in [0.2, 0.25) is 15.9 Å². The van der Waals surface area contributed by atoms with Crippen LogP contribution in [0.4, 0.5) is 5.69 Å². The van der Waals surface area contributed by atoms with Crippen LogP contribution in [-0.4, -0.2) is 31.7 Å². The third kappa shape index (κ3) is 3.81. The quantitative estimate of drug-likeness (QED) is 0.895. The topological polar surface area (TPSA) is 66.5 Å². The maximum Gasteiger partial charge on any atom is 0.243 e. The lowest BCUT2D eigenvalue weighted by atomic mass is 9.98. The van der Waals surface area contributed by atoms with Gasteiger partial charge in [0.25, 0.3) is 0 Å². The first kappa shape index (κ1) is 18.6. The van der Waals surface area contributed by atoms with Gasteiger partial charge in [0, 0.05) is 18.8 Å². The highest BCUT2D eigenvalue weighted by atomic mass is 32.2. The second kappa shape index (κ2) is 7.60. The molecule has 0 unspecified atom stereocenters. The van der Waals surface area contributed by atoms with Crippen molar-refractivity contribution < 1.29 is 13.2 Å². The fraction of sp³-hybridized carbons (Fsp3) is 0.350. The molecule has 0 saturated carbocycles. The van der Waals surface area contributed by atoms with Crippen LogP contribution in [0.25, 0.3) is 0 Å². The smallest absolute Gasteiger partial charge is 0.243 e. The van der Waals surface area contributed by atoms with E-state index < -0.39 is 10.0 Å². The first-order valence-corrected chi connectivity index (χ1v) is 10.3. The molecule has 138 valence electrons. The molecule has 0 radical (unpaired) electrons. The fourth-order valence-corrected chi connectivity index (χ4v) is 4.78. The third-order valence-corrected chi connectivity index (χ3v) is 6.88. The number of hydrogen-bond acceptors (Lipinski definition) is 3. The van der Waals surface area contributed by atoms with E-state index in [1.807, 2.05) is 32.0 Å². The van der Waals surface area contributed by atoms with Crippen LogP contribution >= 0.6 is 0 Å². The molecule has 1 aliphatic rings. The molecule has 1 aliphatic heterocycles. The van der Waals surface area contributed by atoms with E-state index in [-0.39, 0.29) is 23.3 Å². The lowest BCUT2D eigenvalue weighted by Crippen LogP contribution is -2.43. The van der Waals surface area contributed by atoms with Crippen LogP contribution in [0.2, 0.25) is 0 Å². The van der Waals surface area contributed by atoms with Crippen LogP contribution < -0.4 is 5.32 Å². The van der Waals surface area contributed by atoms with Crippen molar-refractivity contribution in [1.29, 1.82) is 0 Å². The van der Waals surface area contributed by atoms with Crippen LogP contribution in [0.3, 0.4) is 0 Å². The highest BCUT2D eigenvalue weighted by Gasteiger charge is 2.33. The Balaban J connectivity index is 1.74. The molecular weight excluding hydrogens is 348 g/mol. The van der Waals surface area contributed by atoms with E-state index in [2.05, 4.69) is 5.32 Å². The summed E-state index contributed by atoms with van der Waals surface area (Å²) in [5.41, 5.74) is 2.93. The maximum absolute atomic E-state index is 12.8. The van der Waals surface area contributed by atoms with Crippen LogP contribution in [-0.2, 0) is 14.8 Å². The highest BCUT2D eigenvalue weighted by molar-refractivity contribution is 7.89.